The highest BCUT2D eigenvalue weighted by Crippen LogP contribution is 2.40. The summed E-state index contributed by atoms with van der Waals surface area (Å²) < 4.78 is 32.3. The number of hydrogen-bond acceptors (Lipinski definition) is 12. The predicted octanol–water partition coefficient (Wildman–Crippen LogP) is -0.213. The molecule has 0 bridgehead atoms. The highest BCUT2D eigenvalue weighted by Gasteiger charge is 2.55. The van der Waals surface area contributed by atoms with Gasteiger partial charge in [0.2, 0.25) is 11.5 Å². The summed E-state index contributed by atoms with van der Waals surface area (Å²) in [6.07, 6.45) is 0.410. The lowest BCUT2D eigenvalue weighted by Gasteiger charge is -2.36. The van der Waals surface area contributed by atoms with Gasteiger partial charge in [-0.25, -0.2) is 14.6 Å². The fourth-order valence-electron chi connectivity index (χ4n) is 2.78. The smallest absolute Gasteiger partial charge is 0.413 e. The minimum atomic E-state index is -3.79. The van der Waals surface area contributed by atoms with Crippen LogP contribution in [0.4, 0.5) is 9.93 Å². The van der Waals surface area contributed by atoms with Gasteiger partial charge in [-0.1, -0.05) is 5.16 Å². The molecule has 3 rings (SSSR count). The summed E-state index contributed by atoms with van der Waals surface area (Å²) >= 11 is 0.934. The molecule has 0 aromatic carbocycles. The molecule has 1 saturated heterocycles. The molecule has 1 aromatic rings. The van der Waals surface area contributed by atoms with Gasteiger partial charge < -0.3 is 25.3 Å². The number of oxime groups is 1. The van der Waals surface area contributed by atoms with Gasteiger partial charge in [0.15, 0.2) is 10.8 Å². The summed E-state index contributed by atoms with van der Waals surface area (Å²) in [6.45, 7) is 4.61. The third-order valence-corrected chi connectivity index (χ3v) is 6.06. The zero-order chi connectivity index (χ0) is 26.9. The first kappa shape index (κ1) is 27.3. The van der Waals surface area contributed by atoms with Gasteiger partial charge in [-0.15, -0.1) is 11.3 Å². The molecule has 3 amide bonds. The number of nitrogens with one attached hydrogen (secondary N) is 3. The summed E-state index contributed by atoms with van der Waals surface area (Å²) in [6, 6.07) is -2.00. The number of carboxylic acids is 1. The van der Waals surface area contributed by atoms with Crippen molar-refractivity contribution in [3.8, 4) is 0 Å². The Bertz CT molecular complexity index is 1200. The Kier molecular flexibility index (Phi) is 7.56. The van der Waals surface area contributed by atoms with Crippen LogP contribution in [0.15, 0.2) is 10.5 Å². The molecule has 1 aliphatic heterocycles. The Morgan fingerprint density at radius 1 is 1.33 bits per heavy atom. The van der Waals surface area contributed by atoms with E-state index >= 15 is 0 Å². The van der Waals surface area contributed by atoms with E-state index in [2.05, 4.69) is 30.3 Å². The topological polar surface area (TPSA) is 212 Å². The molecule has 2 fully saturated rings. The van der Waals surface area contributed by atoms with Crippen molar-refractivity contribution in [2.45, 2.75) is 56.9 Å². The second-order valence-electron chi connectivity index (χ2n) is 9.05. The van der Waals surface area contributed by atoms with Gasteiger partial charge in [0, 0.05) is 18.2 Å². The van der Waals surface area contributed by atoms with E-state index in [1.54, 1.807) is 20.8 Å². The number of amides is 3. The van der Waals surface area contributed by atoms with E-state index in [4.69, 9.17) is 9.57 Å². The summed E-state index contributed by atoms with van der Waals surface area (Å²) in [7, 11) is -3.79. The Labute approximate surface area is 209 Å². The number of ether oxygens (including phenoxy) is 1. The summed E-state index contributed by atoms with van der Waals surface area (Å²) in [4.78, 5) is 57.7. The lowest BCUT2D eigenvalue weighted by atomic mass is 9.99. The Morgan fingerprint density at radius 3 is 2.53 bits per heavy atom. The first-order chi connectivity index (χ1) is 16.6. The molecule has 1 aliphatic carbocycles. The number of aromatic nitrogens is 1. The number of β-lactam (4-membered cyclic amide) rings is 1. The van der Waals surface area contributed by atoms with Crippen LogP contribution in [0, 0.1) is 0 Å². The maximum Gasteiger partial charge on any atom is 0.413 e. The number of hydrogen-bond donors (Lipinski definition) is 4. The first-order valence-corrected chi connectivity index (χ1v) is 13.2. The lowest BCUT2D eigenvalue weighted by molar-refractivity contribution is -0.153. The minimum absolute atomic E-state index is 0.0555. The normalized spacial score (nSPS) is 21.0. The van der Waals surface area contributed by atoms with Crippen LogP contribution in [0.1, 0.15) is 39.3 Å². The van der Waals surface area contributed by atoms with Crippen molar-refractivity contribution in [1.29, 1.82) is 0 Å². The summed E-state index contributed by atoms with van der Waals surface area (Å²) in [5.74, 6) is -2.80. The molecule has 0 spiro atoms. The van der Waals surface area contributed by atoms with Crippen molar-refractivity contribution in [2.75, 3.05) is 18.2 Å². The van der Waals surface area contributed by atoms with Crippen LogP contribution in [0.3, 0.4) is 0 Å². The number of carboxylic acid groups (broad SMARTS) is 1. The number of thiazole rings is 1. The van der Waals surface area contributed by atoms with E-state index in [-0.39, 0.29) is 23.7 Å². The Hall–Kier alpha value is -3.31. The van der Waals surface area contributed by atoms with Crippen molar-refractivity contribution < 1.29 is 46.5 Å². The molecule has 2 atom stereocenters. The molecule has 15 nitrogen and oxygen atoms in total. The molecule has 4 N–H and O–H groups in total. The monoisotopic (exact) mass is 547 g/mol. The summed E-state index contributed by atoms with van der Waals surface area (Å²) in [5.41, 5.74) is -2.87. The van der Waals surface area contributed by atoms with Crippen molar-refractivity contribution in [3.05, 3.63) is 11.1 Å². The van der Waals surface area contributed by atoms with Gasteiger partial charge in [0.05, 0.1) is 18.9 Å². The zero-order valence-electron chi connectivity index (χ0n) is 19.7. The van der Waals surface area contributed by atoms with Crippen molar-refractivity contribution in [1.82, 2.24) is 15.6 Å². The predicted molar refractivity (Wildman–Crippen MR) is 124 cm³/mol. The number of aliphatic carboxylic acids is 1. The van der Waals surface area contributed by atoms with Gasteiger partial charge in [-0.2, -0.15) is 8.42 Å². The molecule has 2 aliphatic rings. The second kappa shape index (κ2) is 9.98. The Balaban J connectivity index is 1.78. The highest BCUT2D eigenvalue weighted by molar-refractivity contribution is 7.85. The third-order valence-electron chi connectivity index (χ3n) is 4.74. The number of carbonyl (C=O) groups excluding carboxylic acids is 3. The van der Waals surface area contributed by atoms with Crippen LogP contribution in [0.5, 0.6) is 0 Å². The van der Waals surface area contributed by atoms with Crippen molar-refractivity contribution >= 4 is 56.2 Å². The lowest BCUT2D eigenvalue weighted by Crippen LogP contribution is -2.71. The van der Waals surface area contributed by atoms with E-state index in [1.165, 1.54) is 5.38 Å². The average molecular weight is 548 g/mol. The van der Waals surface area contributed by atoms with Crippen LogP contribution in [0.2, 0.25) is 0 Å². The molecular formula is C19H25N5O10S2. The van der Waals surface area contributed by atoms with Crippen LogP contribution in [0.25, 0.3) is 0 Å². The molecule has 198 valence electrons. The maximum atomic E-state index is 13.0. The minimum Gasteiger partial charge on any atom is -0.478 e. The molecule has 1 aromatic heterocycles. The molecule has 0 radical (unpaired) electrons. The molecule has 2 heterocycles. The van der Waals surface area contributed by atoms with Gasteiger partial charge in [-0.3, -0.25) is 19.1 Å². The third kappa shape index (κ3) is 7.11. The SMILES string of the molecule is CC(C)(C)OC(=O)Nc1nc(C(=NOC2(C(=O)O)CC2)C(=O)N[C@@H]2C(=O)N[C@@H]2COS(C)(=O)=O)cs1. The van der Waals surface area contributed by atoms with Crippen LogP contribution < -0.4 is 16.0 Å². The largest absolute Gasteiger partial charge is 0.478 e. The highest BCUT2D eigenvalue weighted by atomic mass is 32.2. The van der Waals surface area contributed by atoms with Crippen molar-refractivity contribution in [2.24, 2.45) is 5.16 Å². The quantitative estimate of drug-likeness (QED) is 0.130. The van der Waals surface area contributed by atoms with Crippen LogP contribution >= 0.6 is 11.3 Å². The second-order valence-corrected chi connectivity index (χ2v) is 11.6. The fourth-order valence-corrected chi connectivity index (χ4v) is 3.85. The number of nitrogens with zero attached hydrogens (tertiary/aromatic N) is 2. The van der Waals surface area contributed by atoms with E-state index < -0.39 is 69.6 Å². The van der Waals surface area contributed by atoms with Gasteiger partial charge in [0.1, 0.15) is 17.3 Å². The van der Waals surface area contributed by atoms with Gasteiger partial charge in [-0.05, 0) is 20.8 Å². The van der Waals surface area contributed by atoms with E-state index in [9.17, 15) is 32.7 Å². The Morgan fingerprint density at radius 2 is 2.00 bits per heavy atom. The molecule has 36 heavy (non-hydrogen) atoms. The molecule has 17 heteroatoms. The van der Waals surface area contributed by atoms with E-state index in [0.717, 1.165) is 17.6 Å². The fraction of sp³-hybridized carbons (Fsp3) is 0.579. The summed E-state index contributed by atoms with van der Waals surface area (Å²) in [5, 5.41) is 21.7. The van der Waals surface area contributed by atoms with Gasteiger partial charge in [0.25, 0.3) is 16.0 Å². The standard InChI is InChI=1S/C19H25N5O10S2/c1-18(2,3)33-17(29)23-16-21-10(8-35-16)12(24-34-19(5-6-19)15(27)28)14(26)22-11-9(20-13(11)25)7-32-36(4,30)31/h8-9,11H,5-7H2,1-4H3,(H,20,25)(H,22,26)(H,27,28)(H,21,23,29)/t9-,11+/m1/s1. The van der Waals surface area contributed by atoms with Gasteiger partial charge >= 0.3 is 12.1 Å². The zero-order valence-corrected chi connectivity index (χ0v) is 21.3. The number of anilines is 1. The van der Waals surface area contributed by atoms with Crippen LogP contribution in [-0.2, 0) is 38.3 Å². The number of carbonyl (C=O) groups is 4. The van der Waals surface area contributed by atoms with Crippen molar-refractivity contribution in [3.63, 3.8) is 0 Å². The molecular weight excluding hydrogens is 522 g/mol. The molecule has 1 saturated carbocycles. The van der Waals surface area contributed by atoms with E-state index in [1.807, 2.05) is 0 Å². The first-order valence-electron chi connectivity index (χ1n) is 10.5. The van der Waals surface area contributed by atoms with E-state index in [0.29, 0.717) is 0 Å². The number of rotatable bonds is 10. The maximum absolute atomic E-state index is 13.0. The average Bonchev–Trinajstić information content (AvgIpc) is 3.39. The molecule has 0 unspecified atom stereocenters. The van der Waals surface area contributed by atoms with Crippen LogP contribution in [-0.4, -0.2) is 84.2 Å².